The zero-order chi connectivity index (χ0) is 24.8. The average molecular weight is 470 g/mol. The molecule has 9 heteroatoms. The van der Waals surface area contributed by atoms with E-state index in [2.05, 4.69) is 10.3 Å². The van der Waals surface area contributed by atoms with E-state index in [9.17, 15) is 19.2 Å². The topological polar surface area (TPSA) is 130 Å². The van der Waals surface area contributed by atoms with Crippen LogP contribution in [0.4, 0.5) is 17.2 Å². The van der Waals surface area contributed by atoms with Crippen LogP contribution in [0, 0.1) is 11.8 Å². The number of nitrogens with one attached hydrogen (secondary N) is 2. The molecule has 2 aromatic rings. The van der Waals surface area contributed by atoms with Gasteiger partial charge in [0.2, 0.25) is 11.8 Å². The van der Waals surface area contributed by atoms with Crippen LogP contribution >= 0.6 is 0 Å². The average Bonchev–Trinajstić information content (AvgIpc) is 2.79. The molecule has 0 aliphatic carbocycles. The second-order valence-corrected chi connectivity index (χ2v) is 9.31. The molecule has 0 saturated heterocycles. The largest absolute Gasteiger partial charge is 0.383 e. The van der Waals surface area contributed by atoms with Crippen LogP contribution in [0.15, 0.2) is 33.9 Å². The van der Waals surface area contributed by atoms with Crippen molar-refractivity contribution in [3.05, 3.63) is 50.7 Å². The summed E-state index contributed by atoms with van der Waals surface area (Å²) in [5.74, 6) is -0.429. The van der Waals surface area contributed by atoms with E-state index in [1.165, 1.54) is 9.47 Å². The standard InChI is InChI=1S/C25H35N5O4/c1-4-5-13-30-22(26)21(24(33)28-25(30)34)29(14-12-16(2)3)20(31)11-10-18-15-17-8-6-7-9-19(17)27-23(18)32/h6-9,16,18H,4-5,10-15,26H2,1-3H3,(H,27,32)(H,28,33,34)/t18-/m1/s1. The summed E-state index contributed by atoms with van der Waals surface area (Å²) in [6.07, 6.45) is 3.23. The molecule has 0 saturated carbocycles. The summed E-state index contributed by atoms with van der Waals surface area (Å²) in [7, 11) is 0. The molecule has 9 nitrogen and oxygen atoms in total. The summed E-state index contributed by atoms with van der Waals surface area (Å²) >= 11 is 0. The number of aromatic amines is 1. The Morgan fingerprint density at radius 3 is 2.68 bits per heavy atom. The molecule has 0 fully saturated rings. The van der Waals surface area contributed by atoms with Crippen LogP contribution in [-0.2, 0) is 22.6 Å². The molecule has 0 spiro atoms. The van der Waals surface area contributed by atoms with Crippen molar-refractivity contribution >= 4 is 29.0 Å². The monoisotopic (exact) mass is 469 g/mol. The number of carbonyl (C=O) groups is 2. The number of para-hydroxylation sites is 1. The fourth-order valence-corrected chi connectivity index (χ4v) is 4.20. The molecule has 0 bridgehead atoms. The Kier molecular flexibility index (Phi) is 8.31. The van der Waals surface area contributed by atoms with Gasteiger partial charge in [-0.3, -0.25) is 23.9 Å². The Morgan fingerprint density at radius 1 is 1.24 bits per heavy atom. The third-order valence-corrected chi connectivity index (χ3v) is 6.27. The lowest BCUT2D eigenvalue weighted by Crippen LogP contribution is -2.42. The van der Waals surface area contributed by atoms with E-state index in [-0.39, 0.29) is 35.7 Å². The van der Waals surface area contributed by atoms with E-state index in [1.54, 1.807) is 0 Å². The van der Waals surface area contributed by atoms with Gasteiger partial charge in [-0.05, 0) is 43.2 Å². The number of amides is 2. The molecule has 0 radical (unpaired) electrons. The molecule has 1 aromatic heterocycles. The number of fused-ring (bicyclic) bond motifs is 1. The van der Waals surface area contributed by atoms with E-state index in [4.69, 9.17) is 5.73 Å². The lowest BCUT2D eigenvalue weighted by atomic mass is 9.89. The van der Waals surface area contributed by atoms with Crippen LogP contribution in [0.2, 0.25) is 0 Å². The van der Waals surface area contributed by atoms with Gasteiger partial charge in [0.15, 0.2) is 5.69 Å². The number of benzene rings is 1. The van der Waals surface area contributed by atoms with E-state index in [0.29, 0.717) is 44.7 Å². The Bertz CT molecular complexity index is 1150. The van der Waals surface area contributed by atoms with Crippen molar-refractivity contribution in [3.8, 4) is 0 Å². The zero-order valence-electron chi connectivity index (χ0n) is 20.2. The lowest BCUT2D eigenvalue weighted by molar-refractivity contribution is -0.121. The number of aromatic nitrogens is 2. The van der Waals surface area contributed by atoms with Gasteiger partial charge in [0.05, 0.1) is 0 Å². The highest BCUT2D eigenvalue weighted by atomic mass is 16.2. The molecule has 184 valence electrons. The summed E-state index contributed by atoms with van der Waals surface area (Å²) in [6.45, 7) is 6.71. The summed E-state index contributed by atoms with van der Waals surface area (Å²) < 4.78 is 1.32. The number of nitrogens with two attached hydrogens (primary N) is 1. The van der Waals surface area contributed by atoms with E-state index in [0.717, 1.165) is 17.7 Å². The third kappa shape index (κ3) is 5.76. The third-order valence-electron chi connectivity index (χ3n) is 6.27. The number of unbranched alkanes of at least 4 members (excludes halogenated alkanes) is 1. The first-order valence-electron chi connectivity index (χ1n) is 12.0. The van der Waals surface area contributed by atoms with Crippen LogP contribution in [0.1, 0.15) is 58.4 Å². The van der Waals surface area contributed by atoms with Crippen molar-refractivity contribution in [1.29, 1.82) is 0 Å². The predicted octanol–water partition coefficient (Wildman–Crippen LogP) is 2.89. The fourth-order valence-electron chi connectivity index (χ4n) is 4.20. The van der Waals surface area contributed by atoms with Crippen molar-refractivity contribution in [1.82, 2.24) is 9.55 Å². The van der Waals surface area contributed by atoms with Crippen molar-refractivity contribution < 1.29 is 9.59 Å². The van der Waals surface area contributed by atoms with Crippen LogP contribution in [0.5, 0.6) is 0 Å². The minimum atomic E-state index is -0.670. The summed E-state index contributed by atoms with van der Waals surface area (Å²) in [5.41, 5.74) is 6.89. The second-order valence-electron chi connectivity index (χ2n) is 9.31. The fraction of sp³-hybridized carbons (Fsp3) is 0.520. The molecule has 4 N–H and O–H groups in total. The minimum Gasteiger partial charge on any atom is -0.383 e. The number of H-pyrrole nitrogens is 1. The Morgan fingerprint density at radius 2 is 1.97 bits per heavy atom. The molecule has 0 unspecified atom stereocenters. The maximum Gasteiger partial charge on any atom is 0.330 e. The number of hydrogen-bond donors (Lipinski definition) is 3. The molecule has 1 aliphatic heterocycles. The quantitative estimate of drug-likeness (QED) is 0.493. The molecule has 2 heterocycles. The number of anilines is 3. The van der Waals surface area contributed by atoms with Crippen LogP contribution < -0.4 is 27.2 Å². The highest BCUT2D eigenvalue weighted by molar-refractivity contribution is 5.98. The van der Waals surface area contributed by atoms with Gasteiger partial charge in [-0.1, -0.05) is 45.4 Å². The normalized spacial score (nSPS) is 15.2. The molecular formula is C25H35N5O4. The molecule has 1 atom stereocenters. The van der Waals surface area contributed by atoms with Gasteiger partial charge >= 0.3 is 5.69 Å². The van der Waals surface area contributed by atoms with Gasteiger partial charge in [0, 0.05) is 31.1 Å². The number of nitrogen functional groups attached to an aromatic ring is 1. The first-order valence-corrected chi connectivity index (χ1v) is 12.0. The number of carbonyl (C=O) groups excluding carboxylic acids is 2. The molecule has 1 aromatic carbocycles. The SMILES string of the molecule is CCCCn1c(N)c(N(CCC(C)C)C(=O)CC[C@@H]2Cc3ccccc3NC2=O)c(=O)[nH]c1=O. The summed E-state index contributed by atoms with van der Waals surface area (Å²) in [6, 6.07) is 7.63. The molecular weight excluding hydrogens is 434 g/mol. The Hall–Kier alpha value is -3.36. The van der Waals surface area contributed by atoms with Crippen LogP contribution in [0.25, 0.3) is 0 Å². The van der Waals surface area contributed by atoms with Crippen molar-refractivity contribution in [2.75, 3.05) is 22.5 Å². The minimum absolute atomic E-state index is 0.00337. The lowest BCUT2D eigenvalue weighted by Gasteiger charge is -2.27. The first-order chi connectivity index (χ1) is 16.2. The highest BCUT2D eigenvalue weighted by Gasteiger charge is 2.29. The highest BCUT2D eigenvalue weighted by Crippen LogP contribution is 2.28. The number of rotatable bonds is 10. The first kappa shape index (κ1) is 25.3. The second kappa shape index (κ2) is 11.2. The van der Waals surface area contributed by atoms with Gasteiger partial charge in [-0.25, -0.2) is 4.79 Å². The Balaban J connectivity index is 1.84. The van der Waals surface area contributed by atoms with E-state index >= 15 is 0 Å². The number of hydrogen-bond acceptors (Lipinski definition) is 5. The molecule has 2 amide bonds. The zero-order valence-corrected chi connectivity index (χ0v) is 20.2. The molecule has 1 aliphatic rings. The van der Waals surface area contributed by atoms with Gasteiger partial charge in [-0.2, -0.15) is 0 Å². The Labute approximate surface area is 199 Å². The van der Waals surface area contributed by atoms with E-state index in [1.807, 2.05) is 45.0 Å². The molecule has 3 rings (SSSR count). The maximum atomic E-state index is 13.4. The summed E-state index contributed by atoms with van der Waals surface area (Å²) in [5, 5.41) is 2.91. The number of nitrogens with zero attached hydrogens (tertiary/aromatic N) is 2. The van der Waals surface area contributed by atoms with E-state index < -0.39 is 11.2 Å². The van der Waals surface area contributed by atoms with Gasteiger partial charge < -0.3 is 16.0 Å². The maximum absolute atomic E-state index is 13.4. The van der Waals surface area contributed by atoms with Gasteiger partial charge in [0.1, 0.15) is 5.82 Å². The summed E-state index contributed by atoms with van der Waals surface area (Å²) in [4.78, 5) is 54.7. The van der Waals surface area contributed by atoms with Crippen LogP contribution in [0.3, 0.4) is 0 Å². The predicted molar refractivity (Wildman–Crippen MR) is 134 cm³/mol. The van der Waals surface area contributed by atoms with Crippen molar-refractivity contribution in [2.45, 2.75) is 65.8 Å². The van der Waals surface area contributed by atoms with Crippen LogP contribution in [-0.4, -0.2) is 27.9 Å². The van der Waals surface area contributed by atoms with Gasteiger partial charge in [-0.15, -0.1) is 0 Å². The molecule has 34 heavy (non-hydrogen) atoms. The van der Waals surface area contributed by atoms with Crippen molar-refractivity contribution in [3.63, 3.8) is 0 Å². The van der Waals surface area contributed by atoms with Gasteiger partial charge in [0.25, 0.3) is 5.56 Å². The van der Waals surface area contributed by atoms with Crippen molar-refractivity contribution in [2.24, 2.45) is 11.8 Å². The smallest absolute Gasteiger partial charge is 0.330 e.